The lowest BCUT2D eigenvalue weighted by Gasteiger charge is -2.33. The number of aliphatic hydroxyl groups is 1. The smallest absolute Gasteiger partial charge is 0.141 e. The molecule has 0 fully saturated rings. The molecule has 6 rings (SSSR count). The van der Waals surface area contributed by atoms with Crippen LogP contribution >= 0.6 is 0 Å². The molecular formula is C34H26O. The molecule has 0 radical (unpaired) electrons. The predicted octanol–water partition coefficient (Wildman–Crippen LogP) is 8.25. The molecule has 0 atom stereocenters. The lowest BCUT2D eigenvalue weighted by Crippen LogP contribution is -2.29. The van der Waals surface area contributed by atoms with Gasteiger partial charge in [-0.15, -0.1) is 0 Å². The first-order valence-electron chi connectivity index (χ1n) is 12.0. The van der Waals surface area contributed by atoms with Crippen molar-refractivity contribution in [2.75, 3.05) is 0 Å². The number of fused-ring (bicyclic) bond motifs is 2. The van der Waals surface area contributed by atoms with E-state index in [1.54, 1.807) is 0 Å². The Labute approximate surface area is 205 Å². The van der Waals surface area contributed by atoms with Crippen molar-refractivity contribution in [1.82, 2.24) is 0 Å². The second kappa shape index (κ2) is 8.54. The summed E-state index contributed by atoms with van der Waals surface area (Å²) in [5.74, 6) is 0. The summed E-state index contributed by atoms with van der Waals surface area (Å²) in [6.45, 7) is 2.16. The van der Waals surface area contributed by atoms with Crippen LogP contribution in [0.15, 0.2) is 133 Å². The van der Waals surface area contributed by atoms with Crippen LogP contribution in [-0.2, 0) is 5.60 Å². The highest BCUT2D eigenvalue weighted by molar-refractivity contribution is 6.08. The monoisotopic (exact) mass is 450 g/mol. The van der Waals surface area contributed by atoms with Crippen molar-refractivity contribution in [2.45, 2.75) is 12.5 Å². The molecule has 0 unspecified atom stereocenters. The number of hydrogen-bond acceptors (Lipinski definition) is 1. The molecular weight excluding hydrogens is 424 g/mol. The van der Waals surface area contributed by atoms with E-state index in [2.05, 4.69) is 79.7 Å². The molecule has 0 saturated carbocycles. The highest BCUT2D eigenvalue weighted by Crippen LogP contribution is 2.46. The van der Waals surface area contributed by atoms with E-state index >= 15 is 0 Å². The van der Waals surface area contributed by atoms with Crippen LogP contribution in [-0.4, -0.2) is 5.11 Å². The normalized spacial score (nSPS) is 11.7. The summed E-state index contributed by atoms with van der Waals surface area (Å²) < 4.78 is 0. The molecule has 0 saturated heterocycles. The maximum Gasteiger partial charge on any atom is 0.141 e. The Morgan fingerprint density at radius 1 is 0.457 bits per heavy atom. The quantitative estimate of drug-likeness (QED) is 0.268. The molecule has 0 heterocycles. The van der Waals surface area contributed by atoms with Gasteiger partial charge in [0.2, 0.25) is 0 Å². The first-order chi connectivity index (χ1) is 17.2. The highest BCUT2D eigenvalue weighted by Gasteiger charge is 2.37. The molecule has 1 N–H and O–H groups in total. The minimum atomic E-state index is -1.33. The summed E-state index contributed by atoms with van der Waals surface area (Å²) in [6.07, 6.45) is 0. The Bertz CT molecular complexity index is 1610. The number of benzene rings is 6. The van der Waals surface area contributed by atoms with Crippen LogP contribution in [0.4, 0.5) is 0 Å². The summed E-state index contributed by atoms with van der Waals surface area (Å²) in [5.41, 5.74) is 4.68. The van der Waals surface area contributed by atoms with Crippen LogP contribution in [0, 0.1) is 6.92 Å². The third-order valence-corrected chi connectivity index (χ3v) is 7.09. The molecule has 0 aliphatic carbocycles. The third-order valence-electron chi connectivity index (χ3n) is 7.09. The molecule has 0 bridgehead atoms. The maximum absolute atomic E-state index is 12.8. The van der Waals surface area contributed by atoms with Gasteiger partial charge in [0.15, 0.2) is 0 Å². The van der Waals surface area contributed by atoms with Crippen molar-refractivity contribution in [3.05, 3.63) is 156 Å². The average molecular weight is 451 g/mol. The zero-order chi connectivity index (χ0) is 23.8. The minimum Gasteiger partial charge on any atom is -0.376 e. The molecule has 0 aliphatic rings. The SMILES string of the molecule is Cc1ccc2ccccc2c1-c1c(C(O)(c2ccccc2)c2ccccc2)ccc2ccccc12. The number of rotatable bonds is 4. The van der Waals surface area contributed by atoms with Crippen LogP contribution in [0.3, 0.4) is 0 Å². The Morgan fingerprint density at radius 2 is 0.914 bits per heavy atom. The molecule has 6 aromatic rings. The average Bonchev–Trinajstić information content (AvgIpc) is 2.93. The van der Waals surface area contributed by atoms with Gasteiger partial charge in [-0.1, -0.05) is 133 Å². The lowest BCUT2D eigenvalue weighted by molar-refractivity contribution is 0.126. The highest BCUT2D eigenvalue weighted by atomic mass is 16.3. The molecule has 0 aromatic heterocycles. The molecule has 0 amide bonds. The van der Waals surface area contributed by atoms with Crippen LogP contribution < -0.4 is 0 Å². The fraction of sp³-hybridized carbons (Fsp3) is 0.0588. The number of aryl methyl sites for hydroxylation is 1. The largest absolute Gasteiger partial charge is 0.376 e. The number of hydrogen-bond donors (Lipinski definition) is 1. The van der Waals surface area contributed by atoms with Crippen molar-refractivity contribution in [2.24, 2.45) is 0 Å². The summed E-state index contributed by atoms with van der Waals surface area (Å²) in [5, 5.41) is 17.5. The van der Waals surface area contributed by atoms with Crippen LogP contribution in [0.25, 0.3) is 32.7 Å². The first kappa shape index (κ1) is 21.3. The van der Waals surface area contributed by atoms with Gasteiger partial charge in [0, 0.05) is 5.56 Å². The van der Waals surface area contributed by atoms with E-state index in [9.17, 15) is 5.11 Å². The van der Waals surface area contributed by atoms with Crippen LogP contribution in [0.1, 0.15) is 22.3 Å². The standard InChI is InChI=1S/C34H26O/c1-24-20-21-25-12-8-10-18-29(25)32(24)33-30-19-11-9-13-26(30)22-23-31(33)34(35,27-14-4-2-5-15-27)28-16-6-3-7-17-28/h2-23,35H,1H3. The zero-order valence-corrected chi connectivity index (χ0v) is 19.6. The second-order valence-corrected chi connectivity index (χ2v) is 9.13. The summed E-state index contributed by atoms with van der Waals surface area (Å²) in [6, 6.07) is 45.6. The van der Waals surface area contributed by atoms with E-state index in [1.807, 2.05) is 60.7 Å². The molecule has 0 aliphatic heterocycles. The van der Waals surface area contributed by atoms with E-state index in [1.165, 1.54) is 21.9 Å². The minimum absolute atomic E-state index is 0.848. The first-order valence-corrected chi connectivity index (χ1v) is 12.0. The van der Waals surface area contributed by atoms with E-state index in [-0.39, 0.29) is 0 Å². The predicted molar refractivity (Wildman–Crippen MR) is 147 cm³/mol. The van der Waals surface area contributed by atoms with Gasteiger partial charge < -0.3 is 5.11 Å². The molecule has 0 spiro atoms. The van der Waals surface area contributed by atoms with E-state index in [0.717, 1.165) is 33.0 Å². The summed E-state index contributed by atoms with van der Waals surface area (Å²) in [7, 11) is 0. The Kier molecular flexibility index (Phi) is 5.21. The van der Waals surface area contributed by atoms with Crippen molar-refractivity contribution in [3.8, 4) is 11.1 Å². The van der Waals surface area contributed by atoms with Crippen molar-refractivity contribution in [1.29, 1.82) is 0 Å². The molecule has 35 heavy (non-hydrogen) atoms. The van der Waals surface area contributed by atoms with Gasteiger partial charge >= 0.3 is 0 Å². The Morgan fingerprint density at radius 3 is 1.49 bits per heavy atom. The fourth-order valence-electron chi connectivity index (χ4n) is 5.39. The van der Waals surface area contributed by atoms with E-state index in [0.29, 0.717) is 0 Å². The topological polar surface area (TPSA) is 20.2 Å². The molecule has 168 valence electrons. The van der Waals surface area contributed by atoms with Gasteiger partial charge in [0.1, 0.15) is 5.60 Å². The van der Waals surface area contributed by atoms with E-state index < -0.39 is 5.60 Å². The van der Waals surface area contributed by atoms with Crippen molar-refractivity contribution < 1.29 is 5.11 Å². The van der Waals surface area contributed by atoms with Crippen molar-refractivity contribution in [3.63, 3.8) is 0 Å². The third kappa shape index (κ3) is 3.44. The van der Waals surface area contributed by atoms with Gasteiger partial charge in [-0.05, 0) is 56.3 Å². The van der Waals surface area contributed by atoms with Gasteiger partial charge in [-0.2, -0.15) is 0 Å². The lowest BCUT2D eigenvalue weighted by atomic mass is 9.75. The molecule has 1 nitrogen and oxygen atoms in total. The Balaban J connectivity index is 1.81. The Hall–Kier alpha value is -4.20. The zero-order valence-electron chi connectivity index (χ0n) is 19.6. The van der Waals surface area contributed by atoms with Crippen LogP contribution in [0.5, 0.6) is 0 Å². The fourth-order valence-corrected chi connectivity index (χ4v) is 5.39. The molecule has 6 aromatic carbocycles. The van der Waals surface area contributed by atoms with Gasteiger partial charge in [0.05, 0.1) is 0 Å². The second-order valence-electron chi connectivity index (χ2n) is 9.13. The molecule has 1 heteroatoms. The van der Waals surface area contributed by atoms with Crippen LogP contribution in [0.2, 0.25) is 0 Å². The van der Waals surface area contributed by atoms with Crippen molar-refractivity contribution >= 4 is 21.5 Å². The van der Waals surface area contributed by atoms with Gasteiger partial charge in [-0.25, -0.2) is 0 Å². The van der Waals surface area contributed by atoms with Gasteiger partial charge in [0.25, 0.3) is 0 Å². The summed E-state index contributed by atoms with van der Waals surface area (Å²) in [4.78, 5) is 0. The maximum atomic E-state index is 12.8. The summed E-state index contributed by atoms with van der Waals surface area (Å²) >= 11 is 0. The van der Waals surface area contributed by atoms with E-state index in [4.69, 9.17) is 0 Å². The van der Waals surface area contributed by atoms with Gasteiger partial charge in [-0.3, -0.25) is 0 Å².